The lowest BCUT2D eigenvalue weighted by Gasteiger charge is -2.12. The topological polar surface area (TPSA) is 75.6 Å². The van der Waals surface area contributed by atoms with Gasteiger partial charge in [0.1, 0.15) is 0 Å². The summed E-state index contributed by atoms with van der Waals surface area (Å²) in [7, 11) is 0. The number of amides is 1. The van der Waals surface area contributed by atoms with E-state index < -0.39 is 17.9 Å². The Morgan fingerprint density at radius 2 is 2.00 bits per heavy atom. The molecule has 1 amide bonds. The average molecular weight is 255 g/mol. The molecule has 0 unspecified atom stereocenters. The van der Waals surface area contributed by atoms with E-state index in [0.717, 1.165) is 0 Å². The first-order valence-electron chi connectivity index (χ1n) is 5.33. The first kappa shape index (κ1) is 14.0. The molecule has 0 fully saturated rings. The second-order valence-corrected chi connectivity index (χ2v) is 3.98. The highest BCUT2D eigenvalue weighted by atomic mass is 19.1. The number of nitrogens with one attached hydrogen (secondary N) is 1. The fourth-order valence-corrected chi connectivity index (χ4v) is 1.37. The first-order chi connectivity index (χ1) is 8.32. The number of ether oxygens (including phenoxy) is 1. The van der Waals surface area contributed by atoms with Crippen LogP contribution in [0.1, 0.15) is 29.8 Å². The van der Waals surface area contributed by atoms with Crippen molar-refractivity contribution in [2.45, 2.75) is 26.9 Å². The Balaban J connectivity index is 2.96. The SMILES string of the molecule is Cc1c(C(=O)O)ccc(NC(=O)OC(C)C)c1F. The Kier molecular flexibility index (Phi) is 4.25. The molecule has 0 radical (unpaired) electrons. The van der Waals surface area contributed by atoms with Gasteiger partial charge in [-0.3, -0.25) is 5.32 Å². The maximum absolute atomic E-state index is 13.8. The minimum Gasteiger partial charge on any atom is -0.478 e. The van der Waals surface area contributed by atoms with Crippen molar-refractivity contribution in [3.8, 4) is 0 Å². The molecule has 6 heteroatoms. The van der Waals surface area contributed by atoms with Crippen molar-refractivity contribution in [1.82, 2.24) is 0 Å². The number of carboxylic acid groups (broad SMARTS) is 1. The maximum Gasteiger partial charge on any atom is 0.411 e. The molecular weight excluding hydrogens is 241 g/mol. The summed E-state index contributed by atoms with van der Waals surface area (Å²) in [5.41, 5.74) is -0.289. The number of carboxylic acids is 1. The zero-order valence-electron chi connectivity index (χ0n) is 10.3. The standard InChI is InChI=1S/C12H14FNO4/c1-6(2)18-12(17)14-9-5-4-8(11(15)16)7(3)10(9)13/h4-6H,1-3H3,(H,14,17)(H,15,16). The molecule has 98 valence electrons. The Labute approximate surface area is 104 Å². The number of hydrogen-bond acceptors (Lipinski definition) is 3. The van der Waals surface area contributed by atoms with E-state index in [2.05, 4.69) is 5.32 Å². The third kappa shape index (κ3) is 3.19. The van der Waals surface area contributed by atoms with Gasteiger partial charge in [-0.2, -0.15) is 0 Å². The van der Waals surface area contributed by atoms with Crippen LogP contribution in [-0.4, -0.2) is 23.3 Å². The van der Waals surface area contributed by atoms with Crippen molar-refractivity contribution >= 4 is 17.7 Å². The molecule has 0 spiro atoms. The maximum atomic E-state index is 13.8. The van der Waals surface area contributed by atoms with Gasteiger partial charge < -0.3 is 9.84 Å². The number of benzene rings is 1. The summed E-state index contributed by atoms with van der Waals surface area (Å²) in [5.74, 6) is -2.00. The molecular formula is C12H14FNO4. The molecule has 1 aromatic carbocycles. The number of aromatic carboxylic acids is 1. The van der Waals surface area contributed by atoms with Gasteiger partial charge in [0.25, 0.3) is 0 Å². The summed E-state index contributed by atoms with van der Waals surface area (Å²) in [6.45, 7) is 4.65. The fraction of sp³-hybridized carbons (Fsp3) is 0.333. The van der Waals surface area contributed by atoms with Crippen molar-refractivity contribution in [2.75, 3.05) is 5.32 Å². The van der Waals surface area contributed by atoms with E-state index in [0.29, 0.717) is 0 Å². The van der Waals surface area contributed by atoms with Gasteiger partial charge in [0.15, 0.2) is 5.82 Å². The number of halogens is 1. The first-order valence-corrected chi connectivity index (χ1v) is 5.33. The molecule has 0 atom stereocenters. The van der Waals surface area contributed by atoms with Crippen molar-refractivity contribution in [2.24, 2.45) is 0 Å². The molecule has 0 aromatic heterocycles. The molecule has 5 nitrogen and oxygen atoms in total. The van der Waals surface area contributed by atoms with Gasteiger partial charge in [0, 0.05) is 5.56 Å². The van der Waals surface area contributed by atoms with E-state index in [4.69, 9.17) is 9.84 Å². The lowest BCUT2D eigenvalue weighted by Crippen LogP contribution is -2.19. The van der Waals surface area contributed by atoms with Gasteiger partial charge in [-0.1, -0.05) is 0 Å². The minimum atomic E-state index is -1.22. The highest BCUT2D eigenvalue weighted by Crippen LogP contribution is 2.21. The zero-order valence-corrected chi connectivity index (χ0v) is 10.3. The lowest BCUT2D eigenvalue weighted by atomic mass is 10.1. The third-order valence-corrected chi connectivity index (χ3v) is 2.20. The summed E-state index contributed by atoms with van der Waals surface area (Å²) >= 11 is 0. The van der Waals surface area contributed by atoms with E-state index in [9.17, 15) is 14.0 Å². The molecule has 0 heterocycles. The molecule has 18 heavy (non-hydrogen) atoms. The van der Waals surface area contributed by atoms with Crippen molar-refractivity contribution in [3.05, 3.63) is 29.1 Å². The van der Waals surface area contributed by atoms with Crippen molar-refractivity contribution < 1.29 is 23.8 Å². The van der Waals surface area contributed by atoms with E-state index >= 15 is 0 Å². The fourth-order valence-electron chi connectivity index (χ4n) is 1.37. The number of hydrogen-bond donors (Lipinski definition) is 2. The third-order valence-electron chi connectivity index (χ3n) is 2.20. The number of anilines is 1. The molecule has 2 N–H and O–H groups in total. The molecule has 0 bridgehead atoms. The molecule has 0 aliphatic rings. The number of carbonyl (C=O) groups is 2. The highest BCUT2D eigenvalue weighted by Gasteiger charge is 2.16. The summed E-state index contributed by atoms with van der Waals surface area (Å²) in [6, 6.07) is 2.42. The second-order valence-electron chi connectivity index (χ2n) is 3.98. The molecule has 1 aromatic rings. The van der Waals surface area contributed by atoms with Crippen LogP contribution in [0.25, 0.3) is 0 Å². The predicted molar refractivity (Wildman–Crippen MR) is 63.3 cm³/mol. The van der Waals surface area contributed by atoms with Gasteiger partial charge in [0.2, 0.25) is 0 Å². The number of rotatable bonds is 3. The van der Waals surface area contributed by atoms with Crippen LogP contribution in [0.4, 0.5) is 14.9 Å². The minimum absolute atomic E-state index is 0.0372. The Bertz CT molecular complexity index is 485. The van der Waals surface area contributed by atoms with E-state index in [1.54, 1.807) is 13.8 Å². The van der Waals surface area contributed by atoms with Crippen LogP contribution in [0.15, 0.2) is 12.1 Å². The van der Waals surface area contributed by atoms with Crippen molar-refractivity contribution in [1.29, 1.82) is 0 Å². The summed E-state index contributed by atoms with van der Waals surface area (Å²) in [5, 5.41) is 11.0. The zero-order chi connectivity index (χ0) is 13.9. The van der Waals surface area contributed by atoms with E-state index in [1.165, 1.54) is 19.1 Å². The van der Waals surface area contributed by atoms with Gasteiger partial charge >= 0.3 is 12.1 Å². The van der Waals surface area contributed by atoms with Gasteiger partial charge in [-0.25, -0.2) is 14.0 Å². The quantitative estimate of drug-likeness (QED) is 0.870. The Hall–Kier alpha value is -2.11. The Morgan fingerprint density at radius 1 is 1.39 bits per heavy atom. The average Bonchev–Trinajstić information content (AvgIpc) is 2.23. The van der Waals surface area contributed by atoms with Gasteiger partial charge in [-0.05, 0) is 32.9 Å². The monoisotopic (exact) mass is 255 g/mol. The Morgan fingerprint density at radius 3 is 2.50 bits per heavy atom. The van der Waals surface area contributed by atoms with Crippen LogP contribution < -0.4 is 5.32 Å². The van der Waals surface area contributed by atoms with Crippen molar-refractivity contribution in [3.63, 3.8) is 0 Å². The molecule has 0 aliphatic heterocycles. The van der Waals surface area contributed by atoms with E-state index in [1.807, 2.05) is 0 Å². The van der Waals surface area contributed by atoms with Gasteiger partial charge in [0.05, 0.1) is 17.4 Å². The second kappa shape index (κ2) is 5.48. The molecule has 0 saturated heterocycles. The van der Waals surface area contributed by atoms with Gasteiger partial charge in [-0.15, -0.1) is 0 Å². The van der Waals surface area contributed by atoms with Crippen LogP contribution in [0.3, 0.4) is 0 Å². The van der Waals surface area contributed by atoms with Crippen LogP contribution >= 0.6 is 0 Å². The number of carbonyl (C=O) groups excluding carboxylic acids is 1. The van der Waals surface area contributed by atoms with Crippen LogP contribution in [0, 0.1) is 12.7 Å². The van der Waals surface area contributed by atoms with E-state index in [-0.39, 0.29) is 22.9 Å². The summed E-state index contributed by atoms with van der Waals surface area (Å²) in [4.78, 5) is 22.1. The highest BCUT2D eigenvalue weighted by molar-refractivity contribution is 5.91. The predicted octanol–water partition coefficient (Wildman–Crippen LogP) is 2.79. The van der Waals surface area contributed by atoms with Crippen LogP contribution in [0.5, 0.6) is 0 Å². The summed E-state index contributed by atoms with van der Waals surface area (Å²) < 4.78 is 18.6. The smallest absolute Gasteiger partial charge is 0.411 e. The molecule has 0 aliphatic carbocycles. The summed E-state index contributed by atoms with van der Waals surface area (Å²) in [6.07, 6.45) is -1.11. The largest absolute Gasteiger partial charge is 0.478 e. The van der Waals surface area contributed by atoms with Crippen LogP contribution in [-0.2, 0) is 4.74 Å². The molecule has 0 saturated carbocycles. The lowest BCUT2D eigenvalue weighted by molar-refractivity contribution is 0.0695. The normalized spacial score (nSPS) is 10.3. The van der Waals surface area contributed by atoms with Crippen LogP contribution in [0.2, 0.25) is 0 Å². The molecule has 1 rings (SSSR count).